The Morgan fingerprint density at radius 3 is 1.75 bits per heavy atom. The summed E-state index contributed by atoms with van der Waals surface area (Å²) in [7, 11) is 0. The average molecular weight is 460 g/mol. The highest BCUT2D eigenvalue weighted by Gasteiger charge is 2.25. The quantitative estimate of drug-likeness (QED) is 0.115. The molecule has 186 valence electrons. The largest absolute Gasteiger partial charge is 0.381 e. The highest BCUT2D eigenvalue weighted by atomic mass is 16.5. The first-order valence-electron chi connectivity index (χ1n) is 11.0. The number of nitrogens with two attached hydrogens (primary N) is 4. The maximum absolute atomic E-state index is 13.1. The first kappa shape index (κ1) is 29.9. The number of Topliss-reactive ketones (excluding diaryl/α,β-unsaturated/α-hetero) is 1. The third-order valence-electron chi connectivity index (χ3n) is 4.71. The van der Waals surface area contributed by atoms with Gasteiger partial charge in [-0.15, -0.1) is 0 Å². The van der Waals surface area contributed by atoms with E-state index in [1.807, 2.05) is 6.92 Å². The van der Waals surface area contributed by atoms with Gasteiger partial charge in [-0.2, -0.15) is 0 Å². The van der Waals surface area contributed by atoms with Crippen LogP contribution in [0.25, 0.3) is 0 Å². The van der Waals surface area contributed by atoms with Crippen LogP contribution in [0.2, 0.25) is 0 Å². The van der Waals surface area contributed by atoms with Crippen molar-refractivity contribution in [3.63, 3.8) is 0 Å². The molecule has 0 fully saturated rings. The lowest BCUT2D eigenvalue weighted by Crippen LogP contribution is -2.47. The zero-order valence-electron chi connectivity index (χ0n) is 19.3. The van der Waals surface area contributed by atoms with Crippen LogP contribution < -0.4 is 33.6 Å². The molecule has 12 nitrogen and oxygen atoms in total. The molecule has 12 heteroatoms. The maximum Gasteiger partial charge on any atom is 0.238 e. The molecule has 3 amide bonds. The van der Waals surface area contributed by atoms with Gasteiger partial charge in [0.2, 0.25) is 17.7 Å². The number of rotatable bonds is 18. The van der Waals surface area contributed by atoms with Gasteiger partial charge >= 0.3 is 0 Å². The number of hydrogen-bond donors (Lipinski definition) is 6. The predicted molar refractivity (Wildman–Crippen MR) is 121 cm³/mol. The first-order valence-corrected chi connectivity index (χ1v) is 11.0. The summed E-state index contributed by atoms with van der Waals surface area (Å²) in [5, 5.41) is 5.36. The van der Waals surface area contributed by atoms with Crippen molar-refractivity contribution in [2.24, 2.45) is 28.9 Å². The van der Waals surface area contributed by atoms with Gasteiger partial charge in [0.1, 0.15) is 5.78 Å². The molecule has 0 spiro atoms. The smallest absolute Gasteiger partial charge is 0.238 e. The summed E-state index contributed by atoms with van der Waals surface area (Å²) in [4.78, 5) is 49.8. The van der Waals surface area contributed by atoms with Crippen LogP contribution in [0.5, 0.6) is 0 Å². The fourth-order valence-electron chi connectivity index (χ4n) is 2.85. The molecule has 0 aromatic carbocycles. The second-order valence-electron chi connectivity index (χ2n) is 7.56. The van der Waals surface area contributed by atoms with Crippen molar-refractivity contribution < 1.29 is 23.9 Å². The van der Waals surface area contributed by atoms with E-state index in [2.05, 4.69) is 10.6 Å². The molecule has 0 saturated heterocycles. The normalized spacial score (nSPS) is 13.7. The summed E-state index contributed by atoms with van der Waals surface area (Å²) in [6.07, 6.45) is 1.06. The van der Waals surface area contributed by atoms with E-state index >= 15 is 0 Å². The van der Waals surface area contributed by atoms with Crippen LogP contribution in [0.15, 0.2) is 0 Å². The van der Waals surface area contributed by atoms with E-state index in [1.54, 1.807) is 4.90 Å². The van der Waals surface area contributed by atoms with E-state index in [4.69, 9.17) is 27.7 Å². The van der Waals surface area contributed by atoms with Gasteiger partial charge in [0.15, 0.2) is 0 Å². The molecular formula is C20H41N7O5. The third-order valence-corrected chi connectivity index (χ3v) is 4.71. The lowest BCUT2D eigenvalue weighted by Gasteiger charge is -2.27. The van der Waals surface area contributed by atoms with Crippen LogP contribution in [0.4, 0.5) is 0 Å². The zero-order chi connectivity index (χ0) is 24.5. The van der Waals surface area contributed by atoms with Crippen molar-refractivity contribution in [2.45, 2.75) is 45.2 Å². The van der Waals surface area contributed by atoms with Crippen LogP contribution in [0.1, 0.15) is 33.1 Å². The van der Waals surface area contributed by atoms with Gasteiger partial charge < -0.3 is 48.0 Å². The van der Waals surface area contributed by atoms with E-state index in [-0.39, 0.29) is 49.6 Å². The molecule has 0 heterocycles. The molecule has 32 heavy (non-hydrogen) atoms. The Kier molecular flexibility index (Phi) is 16.3. The number of ether oxygens (including phenoxy) is 1. The molecule has 0 rings (SSSR count). The van der Waals surface area contributed by atoms with Crippen LogP contribution in [-0.4, -0.2) is 93.0 Å². The predicted octanol–water partition coefficient (Wildman–Crippen LogP) is -2.97. The Bertz CT molecular complexity index is 561. The number of ketones is 1. The summed E-state index contributed by atoms with van der Waals surface area (Å²) < 4.78 is 5.39. The molecular weight excluding hydrogens is 418 g/mol. The number of carbonyl (C=O) groups is 4. The molecule has 0 aliphatic heterocycles. The Balaban J connectivity index is 4.94. The van der Waals surface area contributed by atoms with E-state index in [9.17, 15) is 19.2 Å². The van der Waals surface area contributed by atoms with Gasteiger partial charge in [-0.1, -0.05) is 0 Å². The third kappa shape index (κ3) is 12.7. The van der Waals surface area contributed by atoms with Gasteiger partial charge in [-0.3, -0.25) is 14.4 Å². The Morgan fingerprint density at radius 1 is 0.906 bits per heavy atom. The SMILES string of the molecule is CCOC[C@H](CC(C)=O)C(=O)N(CCCNC(=O)[C@H](N)CN)CCCNC(=O)[C@@H](N)CN. The molecule has 0 saturated carbocycles. The minimum Gasteiger partial charge on any atom is -0.381 e. The molecule has 0 bridgehead atoms. The van der Waals surface area contributed by atoms with Crippen LogP contribution in [0, 0.1) is 5.92 Å². The monoisotopic (exact) mass is 459 g/mol. The molecule has 0 aromatic heterocycles. The van der Waals surface area contributed by atoms with Crippen molar-refractivity contribution in [3.8, 4) is 0 Å². The topological polar surface area (TPSA) is 209 Å². The van der Waals surface area contributed by atoms with E-state index in [0.29, 0.717) is 45.6 Å². The molecule has 0 aromatic rings. The molecule has 0 radical (unpaired) electrons. The van der Waals surface area contributed by atoms with Gasteiger partial charge in [-0.25, -0.2) is 0 Å². The standard InChI is InChI=1S/C20H41N7O5/c1-3-32-13-15(10-14(2)28)20(31)27(8-4-6-25-18(29)16(23)11-21)9-5-7-26-19(30)17(24)12-22/h15-17H,3-13,21-24H2,1-2H3,(H,25,29)(H,26,30)/t15-,16-,17+/m0/s1. The van der Waals surface area contributed by atoms with E-state index < -0.39 is 18.0 Å². The van der Waals surface area contributed by atoms with Gasteiger partial charge in [-0.05, 0) is 26.7 Å². The average Bonchev–Trinajstić information content (AvgIpc) is 2.78. The number of carbonyl (C=O) groups excluding carboxylic acids is 4. The van der Waals surface area contributed by atoms with Crippen LogP contribution in [-0.2, 0) is 23.9 Å². The summed E-state index contributed by atoms with van der Waals surface area (Å²) in [5.41, 5.74) is 21.9. The van der Waals surface area contributed by atoms with Crippen molar-refractivity contribution >= 4 is 23.5 Å². The second-order valence-corrected chi connectivity index (χ2v) is 7.56. The summed E-state index contributed by atoms with van der Waals surface area (Å²) in [5.74, 6) is -1.60. The molecule has 0 aliphatic rings. The minimum absolute atomic E-state index is 0.0418. The second kappa shape index (κ2) is 17.4. The summed E-state index contributed by atoms with van der Waals surface area (Å²) in [6.45, 7) is 5.27. The summed E-state index contributed by atoms with van der Waals surface area (Å²) >= 11 is 0. The number of nitrogens with one attached hydrogen (secondary N) is 2. The molecule has 3 atom stereocenters. The van der Waals surface area contributed by atoms with Crippen molar-refractivity contribution in [1.29, 1.82) is 0 Å². The van der Waals surface area contributed by atoms with Crippen LogP contribution in [0.3, 0.4) is 0 Å². The van der Waals surface area contributed by atoms with Crippen molar-refractivity contribution in [3.05, 3.63) is 0 Å². The number of amides is 3. The lowest BCUT2D eigenvalue weighted by molar-refractivity contribution is -0.140. The molecule has 0 aliphatic carbocycles. The molecule has 10 N–H and O–H groups in total. The fraction of sp³-hybridized carbons (Fsp3) is 0.800. The van der Waals surface area contributed by atoms with Crippen molar-refractivity contribution in [1.82, 2.24) is 15.5 Å². The van der Waals surface area contributed by atoms with Gasteiger partial charge in [0.25, 0.3) is 0 Å². The van der Waals surface area contributed by atoms with E-state index in [0.717, 1.165) is 0 Å². The van der Waals surface area contributed by atoms with Gasteiger partial charge in [0, 0.05) is 52.3 Å². The fourth-order valence-corrected chi connectivity index (χ4v) is 2.85. The highest BCUT2D eigenvalue weighted by molar-refractivity contribution is 5.86. The van der Waals surface area contributed by atoms with Gasteiger partial charge in [0.05, 0.1) is 24.6 Å². The maximum atomic E-state index is 13.1. The van der Waals surface area contributed by atoms with Crippen LogP contribution >= 0.6 is 0 Å². The highest BCUT2D eigenvalue weighted by Crippen LogP contribution is 2.11. The lowest BCUT2D eigenvalue weighted by atomic mass is 10.0. The first-order chi connectivity index (χ1) is 15.2. The van der Waals surface area contributed by atoms with Crippen molar-refractivity contribution in [2.75, 3.05) is 52.5 Å². The van der Waals surface area contributed by atoms with E-state index in [1.165, 1.54) is 6.92 Å². The molecule has 0 unspecified atom stereocenters. The number of nitrogens with zero attached hydrogens (tertiary/aromatic N) is 1. The minimum atomic E-state index is -0.776. The Morgan fingerprint density at radius 2 is 1.38 bits per heavy atom. The summed E-state index contributed by atoms with van der Waals surface area (Å²) in [6, 6.07) is -1.55. The Hall–Kier alpha value is -2.12. The number of hydrogen-bond acceptors (Lipinski definition) is 9. The Labute approximate surface area is 190 Å². The zero-order valence-corrected chi connectivity index (χ0v) is 19.3.